The molecule has 1 amide bonds. The Morgan fingerprint density at radius 3 is 2.84 bits per heavy atom. The van der Waals surface area contributed by atoms with Crippen LogP contribution in [0.1, 0.15) is 21.6 Å². The van der Waals surface area contributed by atoms with Gasteiger partial charge in [0.2, 0.25) is 0 Å². The predicted octanol–water partition coefficient (Wildman–Crippen LogP) is 2.66. The number of rotatable bonds is 3. The maximum atomic E-state index is 12.0. The van der Waals surface area contributed by atoms with Gasteiger partial charge in [0.25, 0.3) is 5.91 Å². The van der Waals surface area contributed by atoms with Gasteiger partial charge in [-0.3, -0.25) is 9.78 Å². The van der Waals surface area contributed by atoms with E-state index in [1.807, 2.05) is 19.1 Å². The van der Waals surface area contributed by atoms with Crippen LogP contribution in [0.25, 0.3) is 0 Å². The normalized spacial score (nSPS) is 10.2. The number of hydrogen-bond acceptors (Lipinski definition) is 3. The minimum Gasteiger partial charge on any atom is -0.399 e. The molecule has 1 aromatic carbocycles. The first-order chi connectivity index (χ1) is 9.06. The molecule has 1 aromatic heterocycles. The molecule has 4 nitrogen and oxygen atoms in total. The van der Waals surface area contributed by atoms with E-state index in [9.17, 15) is 4.79 Å². The van der Waals surface area contributed by atoms with Gasteiger partial charge in [0.05, 0.1) is 5.56 Å². The molecule has 0 aliphatic rings. The number of nitrogens with two attached hydrogens (primary N) is 1. The number of aryl methyl sites for hydroxylation is 1. The highest BCUT2D eigenvalue weighted by Gasteiger charge is 2.10. The number of carbonyl (C=O) groups is 1. The van der Waals surface area contributed by atoms with Crippen LogP contribution in [0.5, 0.6) is 0 Å². The molecular formula is C14H14BrN3O. The number of nitrogens with one attached hydrogen (secondary N) is 1. The van der Waals surface area contributed by atoms with E-state index in [1.54, 1.807) is 24.4 Å². The maximum absolute atomic E-state index is 12.0. The topological polar surface area (TPSA) is 68.0 Å². The minimum absolute atomic E-state index is 0.167. The van der Waals surface area contributed by atoms with Crippen molar-refractivity contribution in [3.05, 3.63) is 57.8 Å². The van der Waals surface area contributed by atoms with Crippen molar-refractivity contribution in [1.82, 2.24) is 10.3 Å². The molecule has 0 unspecified atom stereocenters. The molecule has 19 heavy (non-hydrogen) atoms. The fraction of sp³-hybridized carbons (Fsp3) is 0.143. The number of nitrogens with zero attached hydrogens (tertiary/aromatic N) is 1. The summed E-state index contributed by atoms with van der Waals surface area (Å²) in [6.07, 6.45) is 1.75. The lowest BCUT2D eigenvalue weighted by molar-refractivity contribution is 0.0950. The summed E-state index contributed by atoms with van der Waals surface area (Å²) in [6.45, 7) is 2.36. The van der Waals surface area contributed by atoms with E-state index in [1.165, 1.54) is 0 Å². The zero-order chi connectivity index (χ0) is 13.8. The lowest BCUT2D eigenvalue weighted by atomic mass is 10.2. The number of nitrogen functional groups attached to an aromatic ring is 1. The molecule has 5 heteroatoms. The lowest BCUT2D eigenvalue weighted by Gasteiger charge is -2.08. The molecule has 0 saturated heterocycles. The summed E-state index contributed by atoms with van der Waals surface area (Å²) in [5.41, 5.74) is 8.68. The van der Waals surface area contributed by atoms with Crippen LogP contribution in [0.4, 0.5) is 5.69 Å². The van der Waals surface area contributed by atoms with E-state index >= 15 is 0 Å². The van der Waals surface area contributed by atoms with E-state index in [4.69, 9.17) is 5.73 Å². The third-order valence-electron chi connectivity index (χ3n) is 2.66. The molecule has 0 radical (unpaired) electrons. The number of aromatic nitrogens is 1. The van der Waals surface area contributed by atoms with Crippen LogP contribution >= 0.6 is 15.9 Å². The molecule has 0 atom stereocenters. The van der Waals surface area contributed by atoms with Gasteiger partial charge in [-0.15, -0.1) is 0 Å². The Morgan fingerprint density at radius 1 is 1.37 bits per heavy atom. The van der Waals surface area contributed by atoms with Gasteiger partial charge >= 0.3 is 0 Å². The van der Waals surface area contributed by atoms with Gasteiger partial charge in [-0.1, -0.05) is 6.07 Å². The van der Waals surface area contributed by atoms with Crippen molar-refractivity contribution < 1.29 is 4.79 Å². The third kappa shape index (κ3) is 3.54. The number of carbonyl (C=O) groups excluding carboxylic acids is 1. The lowest BCUT2D eigenvalue weighted by Crippen LogP contribution is -2.23. The molecule has 0 bridgehead atoms. The van der Waals surface area contributed by atoms with Crippen LogP contribution in [-0.2, 0) is 6.54 Å². The van der Waals surface area contributed by atoms with E-state index < -0.39 is 0 Å². The number of pyridine rings is 1. The number of anilines is 1. The van der Waals surface area contributed by atoms with Crippen LogP contribution < -0.4 is 11.1 Å². The molecule has 0 aliphatic carbocycles. The summed E-state index contributed by atoms with van der Waals surface area (Å²) >= 11 is 3.34. The molecule has 98 valence electrons. The summed E-state index contributed by atoms with van der Waals surface area (Å²) in [6, 6.07) is 9.00. The van der Waals surface area contributed by atoms with E-state index in [0.717, 1.165) is 15.7 Å². The van der Waals surface area contributed by atoms with Crippen molar-refractivity contribution in [2.45, 2.75) is 13.5 Å². The minimum atomic E-state index is -0.167. The smallest absolute Gasteiger partial charge is 0.252 e. The summed E-state index contributed by atoms with van der Waals surface area (Å²) in [5, 5.41) is 2.84. The fourth-order valence-corrected chi connectivity index (χ4v) is 2.02. The van der Waals surface area contributed by atoms with Crippen LogP contribution in [0.3, 0.4) is 0 Å². The van der Waals surface area contributed by atoms with Crippen molar-refractivity contribution in [3.8, 4) is 0 Å². The summed E-state index contributed by atoms with van der Waals surface area (Å²) < 4.78 is 0.723. The Balaban J connectivity index is 2.05. The van der Waals surface area contributed by atoms with Crippen molar-refractivity contribution in [2.75, 3.05) is 5.73 Å². The van der Waals surface area contributed by atoms with Crippen LogP contribution in [0, 0.1) is 6.92 Å². The Labute approximate surface area is 120 Å². The molecule has 0 saturated carbocycles. The van der Waals surface area contributed by atoms with Crippen LogP contribution in [0.2, 0.25) is 0 Å². The molecule has 3 N–H and O–H groups in total. The molecule has 0 fully saturated rings. The van der Waals surface area contributed by atoms with Gasteiger partial charge in [-0.2, -0.15) is 0 Å². The molecule has 0 spiro atoms. The summed E-state index contributed by atoms with van der Waals surface area (Å²) in [4.78, 5) is 16.2. The molecular weight excluding hydrogens is 306 g/mol. The first kappa shape index (κ1) is 13.5. The number of hydrogen-bond donors (Lipinski definition) is 2. The fourth-order valence-electron chi connectivity index (χ4n) is 1.60. The molecule has 0 aliphatic heterocycles. The number of amides is 1. The van der Waals surface area contributed by atoms with E-state index in [-0.39, 0.29) is 5.91 Å². The van der Waals surface area contributed by atoms with Gasteiger partial charge in [-0.05, 0) is 52.7 Å². The van der Waals surface area contributed by atoms with Gasteiger partial charge in [0, 0.05) is 28.6 Å². The van der Waals surface area contributed by atoms with Crippen LogP contribution in [-0.4, -0.2) is 10.9 Å². The molecule has 2 aromatic rings. The second-order valence-corrected chi connectivity index (χ2v) is 5.08. The number of benzene rings is 1. The molecule has 2 rings (SSSR count). The number of halogens is 1. The average molecular weight is 320 g/mol. The quantitative estimate of drug-likeness (QED) is 0.855. The largest absolute Gasteiger partial charge is 0.399 e. The zero-order valence-corrected chi connectivity index (χ0v) is 12.1. The van der Waals surface area contributed by atoms with Gasteiger partial charge in [0.1, 0.15) is 0 Å². The highest BCUT2D eigenvalue weighted by molar-refractivity contribution is 9.10. The van der Waals surface area contributed by atoms with E-state index in [0.29, 0.717) is 17.8 Å². The zero-order valence-electron chi connectivity index (χ0n) is 10.5. The maximum Gasteiger partial charge on any atom is 0.252 e. The summed E-state index contributed by atoms with van der Waals surface area (Å²) in [7, 11) is 0. The highest BCUT2D eigenvalue weighted by atomic mass is 79.9. The SMILES string of the molecule is Cc1ccc(CNC(=O)c2cc(N)ccc2Br)cn1. The first-order valence-electron chi connectivity index (χ1n) is 5.81. The van der Waals surface area contributed by atoms with Crippen LogP contribution in [0.15, 0.2) is 41.0 Å². The molecule has 1 heterocycles. The second kappa shape index (κ2) is 5.84. The van der Waals surface area contributed by atoms with Gasteiger partial charge < -0.3 is 11.1 Å². The Bertz CT molecular complexity index is 596. The first-order valence-corrected chi connectivity index (χ1v) is 6.60. The highest BCUT2D eigenvalue weighted by Crippen LogP contribution is 2.19. The van der Waals surface area contributed by atoms with Crippen molar-refractivity contribution in [1.29, 1.82) is 0 Å². The van der Waals surface area contributed by atoms with Crippen molar-refractivity contribution in [2.24, 2.45) is 0 Å². The average Bonchev–Trinajstić information content (AvgIpc) is 2.40. The third-order valence-corrected chi connectivity index (χ3v) is 3.35. The Kier molecular flexibility index (Phi) is 4.16. The summed E-state index contributed by atoms with van der Waals surface area (Å²) in [5.74, 6) is -0.167. The van der Waals surface area contributed by atoms with Gasteiger partial charge in [-0.25, -0.2) is 0 Å². The predicted molar refractivity (Wildman–Crippen MR) is 78.7 cm³/mol. The van der Waals surface area contributed by atoms with Crippen molar-refractivity contribution in [3.63, 3.8) is 0 Å². The Hall–Kier alpha value is -1.88. The van der Waals surface area contributed by atoms with Crippen molar-refractivity contribution >= 4 is 27.5 Å². The monoisotopic (exact) mass is 319 g/mol. The standard InChI is InChI=1S/C14H14BrN3O/c1-9-2-3-10(7-17-9)8-18-14(19)12-6-11(16)4-5-13(12)15/h2-7H,8,16H2,1H3,(H,18,19). The van der Waals surface area contributed by atoms with E-state index in [2.05, 4.69) is 26.2 Å². The second-order valence-electron chi connectivity index (χ2n) is 4.23. The van der Waals surface area contributed by atoms with Gasteiger partial charge in [0.15, 0.2) is 0 Å². The Morgan fingerprint density at radius 2 is 2.16 bits per heavy atom.